The molecule has 0 saturated carbocycles. The molecule has 0 aliphatic carbocycles. The summed E-state index contributed by atoms with van der Waals surface area (Å²) in [5.41, 5.74) is 0. The van der Waals surface area contributed by atoms with Crippen LogP contribution in [0.5, 0.6) is 0 Å². The fourth-order valence-electron chi connectivity index (χ4n) is 0. The molecule has 0 spiro atoms. The van der Waals surface area contributed by atoms with E-state index >= 15 is 0 Å². The predicted molar refractivity (Wildman–Crippen MR) is 34.3 cm³/mol. The summed E-state index contributed by atoms with van der Waals surface area (Å²) in [5, 5.41) is 18.0. The predicted octanol–water partition coefficient (Wildman–Crippen LogP) is 0.800. The van der Waals surface area contributed by atoms with Gasteiger partial charge in [-0.1, -0.05) is 0 Å². The molecule has 0 aromatic rings. The molecular formula is C2H3BN2O4. The van der Waals surface area contributed by atoms with Crippen molar-refractivity contribution in [1.29, 1.82) is 0 Å². The first-order chi connectivity index (χ1) is 4.24. The quantitative estimate of drug-likeness (QED) is 0.274. The Morgan fingerprint density at radius 2 is 1.33 bits per heavy atom. The molecule has 0 aromatic heterocycles. The van der Waals surface area contributed by atoms with Crippen LogP contribution in [-0.4, -0.2) is 7.85 Å². The SMILES string of the molecule is O=N[O-].O=N[O-].[B+2]C=C. The van der Waals surface area contributed by atoms with Crippen LogP contribution >= 0.6 is 0 Å². The Kier molecular flexibility index (Phi) is 140. The van der Waals surface area contributed by atoms with Crippen LogP contribution < -0.4 is 0 Å². The third-order valence-corrected chi connectivity index (χ3v) is 0. The molecule has 0 atom stereocenters. The second-order valence-electron chi connectivity index (χ2n) is 0.385. The van der Waals surface area contributed by atoms with Crippen LogP contribution in [0.4, 0.5) is 0 Å². The van der Waals surface area contributed by atoms with Gasteiger partial charge >= 0.3 is 20.4 Å². The van der Waals surface area contributed by atoms with Crippen molar-refractivity contribution in [2.75, 3.05) is 0 Å². The molecule has 0 saturated heterocycles. The van der Waals surface area contributed by atoms with E-state index in [4.69, 9.17) is 20.2 Å². The molecule has 9 heavy (non-hydrogen) atoms. The molecular weight excluding hydrogens is 127 g/mol. The molecule has 0 bridgehead atoms. The number of nitrogens with zero attached hydrogens (tertiary/aromatic N) is 2. The Bertz CT molecular complexity index is 53.3. The van der Waals surface area contributed by atoms with E-state index in [2.05, 4.69) is 14.4 Å². The van der Waals surface area contributed by atoms with Crippen LogP contribution in [0, 0.1) is 20.2 Å². The van der Waals surface area contributed by atoms with Crippen LogP contribution in [0.1, 0.15) is 0 Å². The van der Waals surface area contributed by atoms with Crippen molar-refractivity contribution in [3.63, 3.8) is 0 Å². The number of hydrogen-bond acceptors (Lipinski definition) is 6. The first-order valence-corrected chi connectivity index (χ1v) is 1.47. The van der Waals surface area contributed by atoms with Crippen LogP contribution in [-0.2, 0) is 0 Å². The zero-order valence-corrected chi connectivity index (χ0v) is 4.39. The van der Waals surface area contributed by atoms with E-state index < -0.39 is 0 Å². The van der Waals surface area contributed by atoms with Gasteiger partial charge in [0.25, 0.3) is 0 Å². The summed E-state index contributed by atoms with van der Waals surface area (Å²) in [7, 11) is 4.61. The van der Waals surface area contributed by atoms with Gasteiger partial charge in [0.05, 0.1) is 0 Å². The molecule has 0 rings (SSSR count). The summed E-state index contributed by atoms with van der Waals surface area (Å²) >= 11 is 0. The van der Waals surface area contributed by atoms with Crippen LogP contribution in [0.2, 0.25) is 0 Å². The molecule has 0 aliphatic heterocycles. The van der Waals surface area contributed by atoms with Gasteiger partial charge in [-0.15, -0.1) is 10.7 Å². The van der Waals surface area contributed by atoms with Gasteiger partial charge in [0.1, 0.15) is 0 Å². The van der Waals surface area contributed by atoms with Gasteiger partial charge in [0.2, 0.25) is 0 Å². The summed E-state index contributed by atoms with van der Waals surface area (Å²) in [5.74, 6) is 1.25. The molecule has 0 fully saturated rings. The Hall–Kier alpha value is -1.40. The second-order valence-corrected chi connectivity index (χ2v) is 0.385. The van der Waals surface area contributed by atoms with Gasteiger partial charge in [-0.2, -0.15) is 0 Å². The van der Waals surface area contributed by atoms with Crippen LogP contribution in [0.25, 0.3) is 0 Å². The zero-order chi connectivity index (χ0) is 8.12. The fraction of sp³-hybridized carbons (Fsp3) is 0. The molecule has 6 nitrogen and oxygen atoms in total. The summed E-state index contributed by atoms with van der Waals surface area (Å²) in [6.07, 6.45) is 0. The van der Waals surface area contributed by atoms with E-state index in [0.29, 0.717) is 0 Å². The molecule has 0 N–H and O–H groups in total. The third kappa shape index (κ3) is 72.0. The van der Waals surface area contributed by atoms with Gasteiger partial charge in [-0.25, -0.2) is 0 Å². The molecule has 48 valence electrons. The summed E-state index contributed by atoms with van der Waals surface area (Å²) < 4.78 is 0. The monoisotopic (exact) mass is 130 g/mol. The normalized spacial score (nSPS) is 4.22. The van der Waals surface area contributed by atoms with Crippen molar-refractivity contribution in [2.24, 2.45) is 10.7 Å². The molecule has 0 unspecified atom stereocenters. The van der Waals surface area contributed by atoms with Crippen molar-refractivity contribution >= 4 is 7.85 Å². The topological polar surface area (TPSA) is 105 Å². The average molecular weight is 130 g/mol. The standard InChI is InChI=1S/C2H3B.2HNO2/c1-2-3;2*2-1-3/h2H,1H2;2*(H,2,3)/q+2;;/p-2. The van der Waals surface area contributed by atoms with Gasteiger partial charge in [0, 0.05) is 0 Å². The molecule has 0 radical (unpaired) electrons. The van der Waals surface area contributed by atoms with Crippen LogP contribution in [0.15, 0.2) is 23.2 Å². The number of hydrogen-bond donors (Lipinski definition) is 0. The van der Waals surface area contributed by atoms with Crippen molar-refractivity contribution in [3.8, 4) is 0 Å². The zero-order valence-electron chi connectivity index (χ0n) is 4.39. The minimum absolute atomic E-state index is 1.00. The van der Waals surface area contributed by atoms with Gasteiger partial charge in [0.15, 0.2) is 0 Å². The summed E-state index contributed by atoms with van der Waals surface area (Å²) in [6, 6.07) is 0. The molecule has 0 aliphatic rings. The van der Waals surface area contributed by atoms with E-state index in [-0.39, 0.29) is 0 Å². The van der Waals surface area contributed by atoms with Gasteiger partial charge < -0.3 is 20.2 Å². The van der Waals surface area contributed by atoms with Gasteiger partial charge in [-0.05, 0) is 0 Å². The van der Waals surface area contributed by atoms with Crippen LogP contribution in [0.3, 0.4) is 0 Å². The minimum atomic E-state index is 1.00. The first-order valence-electron chi connectivity index (χ1n) is 1.47. The van der Waals surface area contributed by atoms with Crippen molar-refractivity contribution in [3.05, 3.63) is 32.8 Å². The van der Waals surface area contributed by atoms with Gasteiger partial charge in [-0.3, -0.25) is 0 Å². The third-order valence-electron chi connectivity index (χ3n) is 0. The molecule has 7 heteroatoms. The Balaban J connectivity index is -0.0000000600. The number of rotatable bonds is 0. The van der Waals surface area contributed by atoms with E-state index in [1.807, 2.05) is 0 Å². The Morgan fingerprint density at radius 1 is 1.33 bits per heavy atom. The van der Waals surface area contributed by atoms with E-state index in [9.17, 15) is 0 Å². The Labute approximate surface area is 52.5 Å². The van der Waals surface area contributed by atoms with Crippen molar-refractivity contribution < 1.29 is 0 Å². The maximum atomic E-state index is 8.00. The summed E-state index contributed by atoms with van der Waals surface area (Å²) in [4.78, 5) is 16.0. The first kappa shape index (κ1) is 15.6. The second kappa shape index (κ2) is 80.6. The molecule has 0 aromatic carbocycles. The fourth-order valence-corrected chi connectivity index (χ4v) is 0. The maximum absolute atomic E-state index is 8.00. The molecule has 0 heterocycles. The molecule has 0 amide bonds. The van der Waals surface area contributed by atoms with E-state index in [0.717, 1.165) is 10.7 Å². The Morgan fingerprint density at radius 3 is 1.33 bits per heavy atom. The summed E-state index contributed by atoms with van der Waals surface area (Å²) in [6.45, 7) is 3.14. The van der Waals surface area contributed by atoms with E-state index in [1.165, 1.54) is 5.98 Å². The van der Waals surface area contributed by atoms with Crippen molar-refractivity contribution in [2.45, 2.75) is 0 Å². The van der Waals surface area contributed by atoms with E-state index in [1.54, 1.807) is 0 Å². The average Bonchev–Trinajstić information content (AvgIpc) is 1.70. The van der Waals surface area contributed by atoms with Crippen molar-refractivity contribution in [1.82, 2.24) is 0 Å².